The van der Waals surface area contributed by atoms with Crippen LogP contribution < -0.4 is 0 Å². The molecular formula is C114H70N8O2S. The van der Waals surface area contributed by atoms with E-state index in [1.807, 2.05) is 42.5 Å². The maximum Gasteiger partial charge on any atom is 0.167 e. The molecule has 0 aliphatic rings. The smallest absolute Gasteiger partial charge is 0.167 e. The van der Waals surface area contributed by atoms with Gasteiger partial charge in [0.1, 0.15) is 22.3 Å². The molecule has 584 valence electrons. The van der Waals surface area contributed by atoms with E-state index in [9.17, 15) is 0 Å². The maximum atomic E-state index is 7.16. The van der Waals surface area contributed by atoms with Gasteiger partial charge in [0, 0.05) is 91.7 Å². The van der Waals surface area contributed by atoms with Gasteiger partial charge in [0.05, 0.1) is 38.4 Å². The van der Waals surface area contributed by atoms with Crippen LogP contribution in [0.15, 0.2) is 433 Å². The molecule has 125 heavy (non-hydrogen) atoms. The third-order valence-electron chi connectivity index (χ3n) is 24.1. The molecule has 0 bridgehead atoms. The Morgan fingerprint density at radius 1 is 0.184 bits per heavy atom. The summed E-state index contributed by atoms with van der Waals surface area (Å²) in [5.74, 6) is 3.57. The molecule has 25 rings (SSSR count). The second kappa shape index (κ2) is 30.3. The highest BCUT2D eigenvalue weighted by atomic mass is 32.1. The molecule has 25 aromatic rings. The van der Waals surface area contributed by atoms with Crippen molar-refractivity contribution in [2.45, 2.75) is 0 Å². The third-order valence-corrected chi connectivity index (χ3v) is 25.3. The van der Waals surface area contributed by atoms with Crippen molar-refractivity contribution in [2.75, 3.05) is 0 Å². The van der Waals surface area contributed by atoms with Crippen LogP contribution in [0.3, 0.4) is 0 Å². The van der Waals surface area contributed by atoms with Crippen LogP contribution in [-0.4, -0.2) is 39.0 Å². The first-order chi connectivity index (χ1) is 61.9. The van der Waals surface area contributed by atoms with Crippen LogP contribution in [0.4, 0.5) is 0 Å². The molecule has 0 fully saturated rings. The van der Waals surface area contributed by atoms with Crippen molar-refractivity contribution in [3.05, 3.63) is 425 Å². The predicted octanol–water partition coefficient (Wildman–Crippen LogP) is 30.4. The lowest BCUT2D eigenvalue weighted by Gasteiger charge is -2.11. The Kier molecular flexibility index (Phi) is 17.5. The molecule has 0 amide bonds. The number of nitrogens with zero attached hydrogens (tertiary/aromatic N) is 8. The molecule has 0 N–H and O–H groups in total. The van der Waals surface area contributed by atoms with Crippen LogP contribution in [0, 0.1) is 0 Å². The SMILES string of the molecule is c1ccc(-c2ccc(-n3c4ccccc4c4c5oc6cc(-c7nc(-c8ccccc8)nc(-c8ccc9c(c8)sc8ccccc89)n7)ccc6c5ccc43)cc2)cc1.c1ccc(-c2cccc(-c3ccc(-n4c5ccccc5c5c6oc7c(-c8nc(-c9cccc(-c%10ccccc%10)c9)nc(-c9cccc(-c%10ccccc%10)c9)n8)cccc7c6ccc54)cc3)c2)cc1. The summed E-state index contributed by atoms with van der Waals surface area (Å²) in [6, 6.07) is 149. The number of benzene rings is 18. The minimum absolute atomic E-state index is 0.540. The van der Waals surface area contributed by atoms with E-state index in [2.05, 4.69) is 391 Å². The van der Waals surface area contributed by atoms with Crippen molar-refractivity contribution < 1.29 is 8.83 Å². The van der Waals surface area contributed by atoms with Crippen molar-refractivity contribution in [1.29, 1.82) is 0 Å². The average Bonchev–Trinajstić information content (AvgIpc) is 1.58. The molecule has 0 saturated carbocycles. The van der Waals surface area contributed by atoms with E-state index in [4.69, 9.17) is 38.7 Å². The van der Waals surface area contributed by atoms with Gasteiger partial charge in [-0.2, -0.15) is 0 Å². The van der Waals surface area contributed by atoms with Gasteiger partial charge in [0.15, 0.2) is 34.9 Å². The second-order valence-corrected chi connectivity index (χ2v) is 32.6. The van der Waals surface area contributed by atoms with E-state index >= 15 is 0 Å². The molecule has 11 heteroatoms. The molecule has 0 saturated heterocycles. The summed E-state index contributed by atoms with van der Waals surface area (Å²) in [5.41, 5.74) is 26.7. The molecule has 10 nitrogen and oxygen atoms in total. The van der Waals surface area contributed by atoms with E-state index in [1.165, 1.54) is 48.0 Å². The standard InChI is InChI=1S/C63H40N4O.C51H30N4OS/c1-4-16-41(17-5-1)45-22-12-23-46(38-45)44-32-34-51(35-33-44)67-56-31-11-10-28-54(56)58-57(67)37-36-53-52-29-15-30-55(59(52)68-60(53)58)63-65-61(49-26-13-24-47(39-49)42-18-6-2-7-19-42)64-62(66-63)50-27-14-25-48(40-50)43-20-8-3-9-21-43;1-3-11-31(12-4-1)32-19-23-36(24-20-32)55-42-17-9-7-16-41(42)47-43(55)28-27-40-37-25-21-34(29-44(37)56-48(40)47)50-52-49(33-13-5-2-6-14-33)53-51(54-50)35-22-26-39-38-15-8-10-18-45(38)57-46(39)30-35/h1-40H;1-30H. The first-order valence-corrected chi connectivity index (χ1v) is 42.7. The number of hydrogen-bond acceptors (Lipinski definition) is 9. The van der Waals surface area contributed by atoms with Crippen molar-refractivity contribution in [1.82, 2.24) is 39.0 Å². The monoisotopic (exact) mass is 1610 g/mol. The lowest BCUT2D eigenvalue weighted by Crippen LogP contribution is -2.00. The normalized spacial score (nSPS) is 11.7. The number of furan rings is 2. The van der Waals surface area contributed by atoms with Crippen molar-refractivity contribution in [3.63, 3.8) is 0 Å². The molecule has 7 aromatic heterocycles. The van der Waals surface area contributed by atoms with Gasteiger partial charge in [-0.15, -0.1) is 11.3 Å². The first kappa shape index (κ1) is 72.4. The van der Waals surface area contributed by atoms with Gasteiger partial charge in [0.25, 0.3) is 0 Å². The van der Waals surface area contributed by atoms with Crippen LogP contribution in [-0.2, 0) is 0 Å². The minimum atomic E-state index is 0.540. The third kappa shape index (κ3) is 12.9. The van der Waals surface area contributed by atoms with Gasteiger partial charge in [0.2, 0.25) is 0 Å². The zero-order valence-electron chi connectivity index (χ0n) is 67.2. The summed E-state index contributed by atoms with van der Waals surface area (Å²) in [4.78, 5) is 30.9. The van der Waals surface area contributed by atoms with Gasteiger partial charge in [-0.25, -0.2) is 29.9 Å². The Bertz CT molecular complexity index is 8410. The van der Waals surface area contributed by atoms with Crippen LogP contribution in [0.2, 0.25) is 0 Å². The number of aromatic nitrogens is 8. The zero-order valence-corrected chi connectivity index (χ0v) is 68.0. The topological polar surface area (TPSA) is 113 Å². The summed E-state index contributed by atoms with van der Waals surface area (Å²) < 4.78 is 21.2. The van der Waals surface area contributed by atoms with Gasteiger partial charge in [-0.3, -0.25) is 0 Å². The molecule has 7 heterocycles. The van der Waals surface area contributed by atoms with E-state index < -0.39 is 0 Å². The number of rotatable bonds is 13. The largest absolute Gasteiger partial charge is 0.455 e. The Balaban J connectivity index is 0.000000142. The van der Waals surface area contributed by atoms with E-state index in [1.54, 1.807) is 11.3 Å². The highest BCUT2D eigenvalue weighted by molar-refractivity contribution is 7.25. The Labute approximate surface area is 721 Å². The summed E-state index contributed by atoms with van der Waals surface area (Å²) in [6.45, 7) is 0. The van der Waals surface area contributed by atoms with Gasteiger partial charge in [-0.05, 0) is 165 Å². The molecule has 0 spiro atoms. The average molecular weight is 1620 g/mol. The number of fused-ring (bicyclic) bond motifs is 17. The van der Waals surface area contributed by atoms with Crippen molar-refractivity contribution >= 4 is 119 Å². The summed E-state index contributed by atoms with van der Waals surface area (Å²) in [6.07, 6.45) is 0. The summed E-state index contributed by atoms with van der Waals surface area (Å²) >= 11 is 1.79. The van der Waals surface area contributed by atoms with Gasteiger partial charge >= 0.3 is 0 Å². The van der Waals surface area contributed by atoms with Crippen molar-refractivity contribution in [3.8, 4) is 135 Å². The van der Waals surface area contributed by atoms with Crippen LogP contribution in [0.25, 0.3) is 243 Å². The van der Waals surface area contributed by atoms with Crippen LogP contribution in [0.5, 0.6) is 0 Å². The molecule has 0 aliphatic heterocycles. The summed E-state index contributed by atoms with van der Waals surface area (Å²) in [5, 5.41) is 11.1. The minimum Gasteiger partial charge on any atom is -0.455 e. The Morgan fingerprint density at radius 3 is 1.02 bits per heavy atom. The number of para-hydroxylation sites is 3. The predicted molar refractivity (Wildman–Crippen MR) is 516 cm³/mol. The fourth-order valence-corrected chi connectivity index (χ4v) is 19.3. The number of thiophene rings is 1. The highest BCUT2D eigenvalue weighted by Gasteiger charge is 2.26. The van der Waals surface area contributed by atoms with Crippen LogP contribution >= 0.6 is 11.3 Å². The second-order valence-electron chi connectivity index (χ2n) is 31.6. The van der Waals surface area contributed by atoms with Crippen molar-refractivity contribution in [2.24, 2.45) is 0 Å². The lowest BCUT2D eigenvalue weighted by atomic mass is 9.99. The van der Waals surface area contributed by atoms with E-state index in [-0.39, 0.29) is 0 Å². The van der Waals surface area contributed by atoms with Gasteiger partial charge < -0.3 is 18.0 Å². The molecule has 0 atom stereocenters. The highest BCUT2D eigenvalue weighted by Crippen LogP contribution is 2.47. The van der Waals surface area contributed by atoms with Crippen LogP contribution in [0.1, 0.15) is 0 Å². The Hall–Kier alpha value is -16.6. The number of hydrogen-bond donors (Lipinski definition) is 0. The molecule has 0 aliphatic carbocycles. The summed E-state index contributed by atoms with van der Waals surface area (Å²) in [7, 11) is 0. The van der Waals surface area contributed by atoms with E-state index in [0.717, 1.165) is 160 Å². The molecule has 18 aromatic carbocycles. The fourth-order valence-electron chi connectivity index (χ4n) is 18.1. The maximum absolute atomic E-state index is 7.16. The molecular weight excluding hydrogens is 1550 g/mol. The first-order valence-electron chi connectivity index (χ1n) is 41.9. The van der Waals surface area contributed by atoms with E-state index in [0.29, 0.717) is 34.9 Å². The molecule has 0 unspecified atom stereocenters. The quantitative estimate of drug-likeness (QED) is 0.112. The Morgan fingerprint density at radius 2 is 0.504 bits per heavy atom. The fraction of sp³-hybridized carbons (Fsp3) is 0. The lowest BCUT2D eigenvalue weighted by molar-refractivity contribution is 0.673. The van der Waals surface area contributed by atoms with Gasteiger partial charge in [-0.1, -0.05) is 315 Å². The zero-order chi connectivity index (χ0) is 82.4. The molecule has 0 radical (unpaired) electrons.